The lowest BCUT2D eigenvalue weighted by Gasteiger charge is -2.24. The zero-order valence-corrected chi connectivity index (χ0v) is 19.1. The fourth-order valence-electron chi connectivity index (χ4n) is 2.26. The van der Waals surface area contributed by atoms with E-state index < -0.39 is 9.84 Å². The van der Waals surface area contributed by atoms with Gasteiger partial charge >= 0.3 is 0 Å². The standard InChI is InChI=1S/C18H31N3O2S.HI/c1-6-15-8-10-16(11-9-15)18(3,4)14-21-17(19-7-2)20-12-13-24(5,22)23;/h8-11H,6-7,12-14H2,1-5H3,(H2,19,20,21);1H. The van der Waals surface area contributed by atoms with Gasteiger partial charge < -0.3 is 10.6 Å². The molecular weight excluding hydrogens is 449 g/mol. The van der Waals surface area contributed by atoms with Crippen molar-refractivity contribution in [2.75, 3.05) is 31.6 Å². The molecule has 1 rings (SSSR count). The molecule has 0 saturated heterocycles. The molecule has 0 atom stereocenters. The van der Waals surface area contributed by atoms with Crippen molar-refractivity contribution in [1.82, 2.24) is 10.6 Å². The summed E-state index contributed by atoms with van der Waals surface area (Å²) in [6.45, 7) is 10.2. The first kappa shape index (κ1) is 24.2. The average molecular weight is 481 g/mol. The summed E-state index contributed by atoms with van der Waals surface area (Å²) in [5.41, 5.74) is 2.48. The number of sulfone groups is 1. The van der Waals surface area contributed by atoms with Crippen LogP contribution in [-0.4, -0.2) is 46.0 Å². The van der Waals surface area contributed by atoms with Crippen molar-refractivity contribution in [2.45, 2.75) is 39.5 Å². The zero-order valence-electron chi connectivity index (χ0n) is 15.9. The van der Waals surface area contributed by atoms with E-state index in [1.807, 2.05) is 6.92 Å². The molecule has 25 heavy (non-hydrogen) atoms. The molecule has 0 bridgehead atoms. The van der Waals surface area contributed by atoms with E-state index >= 15 is 0 Å². The van der Waals surface area contributed by atoms with Crippen LogP contribution in [0.15, 0.2) is 29.3 Å². The van der Waals surface area contributed by atoms with Crippen LogP contribution in [0.4, 0.5) is 0 Å². The number of nitrogens with zero attached hydrogens (tertiary/aromatic N) is 1. The molecule has 0 radical (unpaired) electrons. The summed E-state index contributed by atoms with van der Waals surface area (Å²) < 4.78 is 22.4. The molecule has 0 spiro atoms. The van der Waals surface area contributed by atoms with E-state index in [9.17, 15) is 8.42 Å². The molecule has 7 heteroatoms. The first-order chi connectivity index (χ1) is 11.2. The van der Waals surface area contributed by atoms with Crippen LogP contribution in [0.1, 0.15) is 38.8 Å². The highest BCUT2D eigenvalue weighted by atomic mass is 127. The summed E-state index contributed by atoms with van der Waals surface area (Å²) in [6, 6.07) is 8.66. The predicted molar refractivity (Wildman–Crippen MR) is 118 cm³/mol. The van der Waals surface area contributed by atoms with E-state index in [0.717, 1.165) is 13.0 Å². The van der Waals surface area contributed by atoms with Gasteiger partial charge in [0.15, 0.2) is 5.96 Å². The van der Waals surface area contributed by atoms with Crippen LogP contribution in [-0.2, 0) is 21.7 Å². The lowest BCUT2D eigenvalue weighted by molar-refractivity contribution is 0.537. The van der Waals surface area contributed by atoms with Gasteiger partial charge in [-0.25, -0.2) is 8.42 Å². The SMILES string of the molecule is CCNC(=NCC(C)(C)c1ccc(CC)cc1)NCCS(C)(=O)=O.I. The quantitative estimate of drug-likeness (QED) is 0.341. The van der Waals surface area contributed by atoms with Crippen molar-refractivity contribution in [1.29, 1.82) is 0 Å². The molecular formula is C18H32IN3O2S. The van der Waals surface area contributed by atoms with Crippen molar-refractivity contribution in [2.24, 2.45) is 4.99 Å². The molecule has 0 aromatic heterocycles. The van der Waals surface area contributed by atoms with Crippen LogP contribution in [0.2, 0.25) is 0 Å². The number of aliphatic imine (C=N–C) groups is 1. The summed E-state index contributed by atoms with van der Waals surface area (Å²) in [7, 11) is -2.97. The molecule has 0 unspecified atom stereocenters. The Kier molecular flexibility index (Phi) is 10.6. The summed E-state index contributed by atoms with van der Waals surface area (Å²) in [5, 5.41) is 6.23. The Morgan fingerprint density at radius 1 is 1.12 bits per heavy atom. The molecule has 1 aromatic carbocycles. The lowest BCUT2D eigenvalue weighted by Crippen LogP contribution is -2.40. The maximum atomic E-state index is 11.2. The molecule has 0 heterocycles. The van der Waals surface area contributed by atoms with Gasteiger partial charge in [-0.1, -0.05) is 45.0 Å². The highest BCUT2D eigenvalue weighted by Gasteiger charge is 2.20. The van der Waals surface area contributed by atoms with Crippen LogP contribution in [0.25, 0.3) is 0 Å². The second-order valence-corrected chi connectivity index (χ2v) is 8.95. The average Bonchev–Trinajstić information content (AvgIpc) is 2.51. The highest BCUT2D eigenvalue weighted by molar-refractivity contribution is 14.0. The van der Waals surface area contributed by atoms with Gasteiger partial charge in [0.05, 0.1) is 12.3 Å². The first-order valence-corrected chi connectivity index (χ1v) is 10.5. The van der Waals surface area contributed by atoms with Gasteiger partial charge in [0, 0.05) is 24.8 Å². The van der Waals surface area contributed by atoms with E-state index in [1.54, 1.807) is 0 Å². The molecule has 0 aliphatic carbocycles. The third kappa shape index (κ3) is 9.44. The smallest absolute Gasteiger partial charge is 0.191 e. The molecule has 144 valence electrons. The molecule has 0 amide bonds. The van der Waals surface area contributed by atoms with Crippen molar-refractivity contribution in [3.05, 3.63) is 35.4 Å². The third-order valence-electron chi connectivity index (χ3n) is 3.89. The molecule has 2 N–H and O–H groups in total. The minimum atomic E-state index is -2.97. The molecule has 0 fully saturated rings. The Balaban J connectivity index is 0.00000576. The number of benzene rings is 1. The number of guanidine groups is 1. The maximum Gasteiger partial charge on any atom is 0.191 e. The zero-order chi connectivity index (χ0) is 18.2. The number of rotatable bonds is 8. The van der Waals surface area contributed by atoms with Crippen LogP contribution in [0, 0.1) is 0 Å². The van der Waals surface area contributed by atoms with Crippen LogP contribution in [0.5, 0.6) is 0 Å². The van der Waals surface area contributed by atoms with Gasteiger partial charge in [-0.3, -0.25) is 4.99 Å². The Bertz CT molecular complexity index is 641. The molecule has 1 aromatic rings. The van der Waals surface area contributed by atoms with E-state index in [1.165, 1.54) is 17.4 Å². The number of halogens is 1. The predicted octanol–water partition coefficient (Wildman–Crippen LogP) is 2.74. The number of aryl methyl sites for hydroxylation is 1. The number of hydrogen-bond donors (Lipinski definition) is 2. The van der Waals surface area contributed by atoms with E-state index in [-0.39, 0.29) is 35.1 Å². The Morgan fingerprint density at radius 2 is 1.72 bits per heavy atom. The second-order valence-electron chi connectivity index (χ2n) is 6.69. The summed E-state index contributed by atoms with van der Waals surface area (Å²) in [5.74, 6) is 0.749. The van der Waals surface area contributed by atoms with Gasteiger partial charge in [0.1, 0.15) is 9.84 Å². The van der Waals surface area contributed by atoms with Gasteiger partial charge in [-0.05, 0) is 24.5 Å². The Labute approximate surface area is 170 Å². The third-order valence-corrected chi connectivity index (χ3v) is 4.83. The molecule has 5 nitrogen and oxygen atoms in total. The van der Waals surface area contributed by atoms with Crippen LogP contribution >= 0.6 is 24.0 Å². The molecule has 0 aliphatic rings. The Hall–Kier alpha value is -0.830. The van der Waals surface area contributed by atoms with Crippen molar-refractivity contribution in [3.63, 3.8) is 0 Å². The molecule has 0 saturated carbocycles. The fraction of sp³-hybridized carbons (Fsp3) is 0.611. The van der Waals surface area contributed by atoms with Gasteiger partial charge in [-0.2, -0.15) is 0 Å². The minimum absolute atomic E-state index is 0. The largest absolute Gasteiger partial charge is 0.357 e. The van der Waals surface area contributed by atoms with Gasteiger partial charge in [-0.15, -0.1) is 24.0 Å². The minimum Gasteiger partial charge on any atom is -0.357 e. The number of nitrogens with one attached hydrogen (secondary N) is 2. The van der Waals surface area contributed by atoms with E-state index in [2.05, 4.69) is 60.7 Å². The van der Waals surface area contributed by atoms with Crippen molar-refractivity contribution < 1.29 is 8.42 Å². The highest BCUT2D eigenvalue weighted by Crippen LogP contribution is 2.24. The van der Waals surface area contributed by atoms with E-state index in [4.69, 9.17) is 0 Å². The maximum absolute atomic E-state index is 11.2. The fourth-order valence-corrected chi connectivity index (χ4v) is 2.73. The second kappa shape index (κ2) is 11.0. The topological polar surface area (TPSA) is 70.6 Å². The van der Waals surface area contributed by atoms with Gasteiger partial charge in [0.25, 0.3) is 0 Å². The van der Waals surface area contributed by atoms with Gasteiger partial charge in [0.2, 0.25) is 0 Å². The van der Waals surface area contributed by atoms with E-state index in [0.29, 0.717) is 19.0 Å². The molecule has 0 aliphatic heterocycles. The Morgan fingerprint density at radius 3 is 2.20 bits per heavy atom. The first-order valence-electron chi connectivity index (χ1n) is 8.47. The summed E-state index contributed by atoms with van der Waals surface area (Å²) in [6.07, 6.45) is 2.27. The van der Waals surface area contributed by atoms with Crippen LogP contribution < -0.4 is 10.6 Å². The summed E-state index contributed by atoms with van der Waals surface area (Å²) >= 11 is 0. The lowest BCUT2D eigenvalue weighted by atomic mass is 9.84. The monoisotopic (exact) mass is 481 g/mol. The number of hydrogen-bond acceptors (Lipinski definition) is 3. The van der Waals surface area contributed by atoms with Crippen molar-refractivity contribution >= 4 is 39.8 Å². The summed E-state index contributed by atoms with van der Waals surface area (Å²) in [4.78, 5) is 4.62. The van der Waals surface area contributed by atoms with Crippen molar-refractivity contribution in [3.8, 4) is 0 Å². The normalized spacial score (nSPS) is 12.4. The van der Waals surface area contributed by atoms with Crippen LogP contribution in [0.3, 0.4) is 0 Å².